The number of halogens is 3. The second-order valence-corrected chi connectivity index (χ2v) is 5.69. The number of nitrogens with one attached hydrogen (secondary N) is 1. The van der Waals surface area contributed by atoms with Crippen LogP contribution in [0.5, 0.6) is 0 Å². The Morgan fingerprint density at radius 1 is 1.27 bits per heavy atom. The highest BCUT2D eigenvalue weighted by atomic mass is 35.5. The molecule has 0 unspecified atom stereocenters. The highest BCUT2D eigenvalue weighted by molar-refractivity contribution is 6.30. The van der Waals surface area contributed by atoms with Crippen molar-refractivity contribution in [1.82, 2.24) is 20.1 Å². The quantitative estimate of drug-likeness (QED) is 0.926. The van der Waals surface area contributed by atoms with Crippen LogP contribution in [0.4, 0.5) is 14.7 Å². The van der Waals surface area contributed by atoms with Crippen LogP contribution in [-0.2, 0) is 6.54 Å². The van der Waals surface area contributed by atoms with Gasteiger partial charge in [-0.3, -0.25) is 0 Å². The van der Waals surface area contributed by atoms with E-state index >= 15 is 0 Å². The topological polar surface area (TPSA) is 76.7 Å². The largest absolute Gasteiger partial charge is 0.345 e. The van der Waals surface area contributed by atoms with Crippen molar-refractivity contribution < 1.29 is 13.3 Å². The molecule has 0 spiro atoms. The van der Waals surface area contributed by atoms with Gasteiger partial charge in [0.2, 0.25) is 17.8 Å². The zero-order valence-corrected chi connectivity index (χ0v) is 12.4. The van der Waals surface area contributed by atoms with Gasteiger partial charge in [0.1, 0.15) is 0 Å². The Morgan fingerprint density at radius 2 is 1.95 bits per heavy atom. The van der Waals surface area contributed by atoms with Crippen molar-refractivity contribution in [3.63, 3.8) is 0 Å². The van der Waals surface area contributed by atoms with Crippen LogP contribution in [0.25, 0.3) is 0 Å². The summed E-state index contributed by atoms with van der Waals surface area (Å²) in [5.41, 5.74) is 0. The van der Waals surface area contributed by atoms with Crippen LogP contribution in [0, 0.1) is 0 Å². The van der Waals surface area contributed by atoms with Crippen LogP contribution in [0.3, 0.4) is 0 Å². The lowest BCUT2D eigenvalue weighted by atomic mass is 9.86. The second kappa shape index (κ2) is 6.12. The van der Waals surface area contributed by atoms with E-state index in [1.165, 1.54) is 12.4 Å². The highest BCUT2D eigenvalue weighted by Crippen LogP contribution is 2.39. The molecule has 0 amide bonds. The molecule has 2 aromatic rings. The Balaban J connectivity index is 1.56. The first-order valence-electron chi connectivity index (χ1n) is 6.93. The van der Waals surface area contributed by atoms with Gasteiger partial charge in [-0.25, -0.2) is 18.7 Å². The van der Waals surface area contributed by atoms with Crippen molar-refractivity contribution in [3.05, 3.63) is 29.1 Å². The summed E-state index contributed by atoms with van der Waals surface area (Å²) in [5.74, 6) is -1.38. The summed E-state index contributed by atoms with van der Waals surface area (Å²) in [4.78, 5) is 12.2. The average Bonchev–Trinajstić information content (AvgIpc) is 2.95. The Hall–Kier alpha value is -1.83. The van der Waals surface area contributed by atoms with Gasteiger partial charge in [-0.05, 0) is 12.8 Å². The van der Waals surface area contributed by atoms with Gasteiger partial charge >= 0.3 is 0 Å². The van der Waals surface area contributed by atoms with Crippen LogP contribution < -0.4 is 5.32 Å². The molecular formula is C13H14ClF2N5O. The SMILES string of the molecule is FC1(F)CCC(c2noc(CNc3ncc(Cl)cn3)n2)CC1. The highest BCUT2D eigenvalue weighted by Gasteiger charge is 2.36. The Morgan fingerprint density at radius 3 is 2.64 bits per heavy atom. The van der Waals surface area contributed by atoms with Gasteiger partial charge in [-0.2, -0.15) is 4.98 Å². The van der Waals surface area contributed by atoms with E-state index in [0.717, 1.165) is 0 Å². The zero-order valence-electron chi connectivity index (χ0n) is 11.6. The average molecular weight is 330 g/mol. The number of nitrogens with zero attached hydrogens (tertiary/aromatic N) is 4. The zero-order chi connectivity index (χ0) is 15.6. The summed E-state index contributed by atoms with van der Waals surface area (Å²) in [7, 11) is 0. The predicted octanol–water partition coefficient (Wildman–Crippen LogP) is 3.42. The molecule has 0 bridgehead atoms. The van der Waals surface area contributed by atoms with Gasteiger partial charge in [-0.1, -0.05) is 16.8 Å². The van der Waals surface area contributed by atoms with Gasteiger partial charge in [0.15, 0.2) is 5.82 Å². The first-order valence-corrected chi connectivity index (χ1v) is 7.31. The summed E-state index contributed by atoms with van der Waals surface area (Å²) in [6.45, 7) is 0.261. The van der Waals surface area contributed by atoms with Crippen molar-refractivity contribution in [1.29, 1.82) is 0 Å². The fraction of sp³-hybridized carbons (Fsp3) is 0.538. The standard InChI is InChI=1S/C13H14ClF2N5O/c14-9-5-17-12(18-6-9)19-7-10-20-11(21-22-10)8-1-3-13(15,16)4-2-8/h5-6,8H,1-4,7H2,(H,17,18,19). The maximum absolute atomic E-state index is 13.1. The number of hydrogen-bond acceptors (Lipinski definition) is 6. The molecule has 9 heteroatoms. The van der Waals surface area contributed by atoms with Crippen LogP contribution >= 0.6 is 11.6 Å². The van der Waals surface area contributed by atoms with Crippen LogP contribution in [-0.4, -0.2) is 26.0 Å². The van der Waals surface area contributed by atoms with Crippen molar-refractivity contribution in [2.24, 2.45) is 0 Å². The lowest BCUT2D eigenvalue weighted by molar-refractivity contribution is -0.0389. The number of rotatable bonds is 4. The smallest absolute Gasteiger partial charge is 0.248 e. The van der Waals surface area contributed by atoms with Gasteiger partial charge in [0, 0.05) is 18.8 Å². The second-order valence-electron chi connectivity index (χ2n) is 5.25. The molecule has 0 aliphatic heterocycles. The van der Waals surface area contributed by atoms with Crippen LogP contribution in [0.1, 0.15) is 43.3 Å². The third-order valence-corrected chi connectivity index (χ3v) is 3.78. The summed E-state index contributed by atoms with van der Waals surface area (Å²) in [6.07, 6.45) is 3.44. The molecule has 0 radical (unpaired) electrons. The maximum Gasteiger partial charge on any atom is 0.248 e. The third-order valence-electron chi connectivity index (χ3n) is 3.58. The van der Waals surface area contributed by atoms with E-state index < -0.39 is 5.92 Å². The van der Waals surface area contributed by atoms with Gasteiger partial charge in [-0.15, -0.1) is 0 Å². The molecule has 0 atom stereocenters. The molecule has 2 heterocycles. The lowest BCUT2D eigenvalue weighted by Crippen LogP contribution is -2.24. The van der Waals surface area contributed by atoms with Crippen molar-refractivity contribution in [2.45, 2.75) is 44.1 Å². The number of alkyl halides is 2. The summed E-state index contributed by atoms with van der Waals surface area (Å²) in [5, 5.41) is 7.25. The van der Waals surface area contributed by atoms with E-state index in [-0.39, 0.29) is 25.3 Å². The molecule has 2 aromatic heterocycles. The molecule has 1 saturated carbocycles. The van der Waals surface area contributed by atoms with Crippen molar-refractivity contribution >= 4 is 17.5 Å². The Labute approximate surface area is 130 Å². The van der Waals surface area contributed by atoms with E-state index in [0.29, 0.717) is 35.5 Å². The monoisotopic (exact) mass is 329 g/mol. The summed E-state index contributed by atoms with van der Waals surface area (Å²) in [6, 6.07) is 0. The molecular weight excluding hydrogens is 316 g/mol. The molecule has 1 aliphatic carbocycles. The predicted molar refractivity (Wildman–Crippen MR) is 74.8 cm³/mol. The molecule has 0 saturated heterocycles. The molecule has 3 rings (SSSR count). The van der Waals surface area contributed by atoms with Crippen molar-refractivity contribution in [2.75, 3.05) is 5.32 Å². The maximum atomic E-state index is 13.1. The molecule has 0 aromatic carbocycles. The Bertz CT molecular complexity index is 624. The first-order chi connectivity index (χ1) is 10.5. The molecule has 1 fully saturated rings. The van der Waals surface area contributed by atoms with Gasteiger partial charge in [0.25, 0.3) is 0 Å². The fourth-order valence-electron chi connectivity index (χ4n) is 2.36. The van der Waals surface area contributed by atoms with Crippen molar-refractivity contribution in [3.8, 4) is 0 Å². The Kier molecular flexibility index (Phi) is 4.19. The van der Waals surface area contributed by atoms with E-state index in [9.17, 15) is 8.78 Å². The molecule has 6 nitrogen and oxygen atoms in total. The van der Waals surface area contributed by atoms with E-state index in [2.05, 4.69) is 25.4 Å². The fourth-order valence-corrected chi connectivity index (χ4v) is 2.46. The molecule has 1 aliphatic rings. The van der Waals surface area contributed by atoms with E-state index in [1.54, 1.807) is 0 Å². The molecule has 118 valence electrons. The minimum atomic E-state index is -2.56. The number of hydrogen-bond donors (Lipinski definition) is 1. The van der Waals surface area contributed by atoms with Crippen LogP contribution in [0.15, 0.2) is 16.9 Å². The minimum Gasteiger partial charge on any atom is -0.345 e. The van der Waals surface area contributed by atoms with E-state index in [4.69, 9.17) is 16.1 Å². The first kappa shape index (κ1) is 15.1. The number of aromatic nitrogens is 4. The van der Waals surface area contributed by atoms with Crippen LogP contribution in [0.2, 0.25) is 5.02 Å². The minimum absolute atomic E-state index is 0.0658. The van der Waals surface area contributed by atoms with E-state index in [1.807, 2.05) is 0 Å². The summed E-state index contributed by atoms with van der Waals surface area (Å²) < 4.78 is 31.4. The lowest BCUT2D eigenvalue weighted by Gasteiger charge is -2.26. The summed E-state index contributed by atoms with van der Waals surface area (Å²) >= 11 is 5.69. The molecule has 1 N–H and O–H groups in total. The van der Waals surface area contributed by atoms with Gasteiger partial charge in [0.05, 0.1) is 24.0 Å². The number of anilines is 1. The molecule has 22 heavy (non-hydrogen) atoms. The normalized spacial score (nSPS) is 18.3. The third kappa shape index (κ3) is 3.68. The van der Waals surface area contributed by atoms with Gasteiger partial charge < -0.3 is 9.84 Å².